The largest absolute Gasteiger partial charge is 0.385 e. The maximum atomic E-state index is 5.05. The first-order valence-corrected chi connectivity index (χ1v) is 6.18. The van der Waals surface area contributed by atoms with Crippen molar-refractivity contribution in [2.24, 2.45) is 0 Å². The van der Waals surface area contributed by atoms with Crippen LogP contribution in [0.1, 0.15) is 37.0 Å². The summed E-state index contributed by atoms with van der Waals surface area (Å²) in [6, 6.07) is 0.791. The highest BCUT2D eigenvalue weighted by atomic mass is 32.1. The molecule has 0 saturated heterocycles. The Bertz CT molecular complexity index is 288. The van der Waals surface area contributed by atoms with Crippen LogP contribution in [0, 0.1) is 6.92 Å². The van der Waals surface area contributed by atoms with E-state index in [0.717, 1.165) is 23.7 Å². The molecule has 1 N–H and O–H groups in total. The zero-order valence-electron chi connectivity index (χ0n) is 9.91. The molecular weight excluding hydrogens is 208 g/mol. The van der Waals surface area contributed by atoms with Gasteiger partial charge < -0.3 is 10.1 Å². The number of aryl methyl sites for hydroxylation is 1. The molecule has 0 aliphatic heterocycles. The number of ether oxygens (including phenoxy) is 1. The van der Waals surface area contributed by atoms with Gasteiger partial charge in [0, 0.05) is 30.8 Å². The smallest absolute Gasteiger partial charge is 0.110 e. The second-order valence-corrected chi connectivity index (χ2v) is 4.79. The molecule has 0 saturated carbocycles. The minimum atomic E-state index is 0.329. The van der Waals surface area contributed by atoms with E-state index in [2.05, 4.69) is 29.5 Å². The molecule has 3 nitrogen and oxygen atoms in total. The van der Waals surface area contributed by atoms with Crippen molar-refractivity contribution >= 4 is 11.3 Å². The van der Waals surface area contributed by atoms with Crippen LogP contribution >= 0.6 is 11.3 Å². The Hall–Kier alpha value is -0.450. The molecule has 0 fully saturated rings. The summed E-state index contributed by atoms with van der Waals surface area (Å²) >= 11 is 1.72. The Morgan fingerprint density at radius 2 is 2.27 bits per heavy atom. The molecule has 1 rings (SSSR count). The van der Waals surface area contributed by atoms with E-state index < -0.39 is 0 Å². The molecule has 2 atom stereocenters. The van der Waals surface area contributed by atoms with Crippen molar-refractivity contribution in [3.05, 3.63) is 16.1 Å². The number of hydrogen-bond donors (Lipinski definition) is 1. The Balaban J connectivity index is 2.38. The highest BCUT2D eigenvalue weighted by Crippen LogP contribution is 2.18. The van der Waals surface area contributed by atoms with E-state index in [-0.39, 0.29) is 0 Å². The van der Waals surface area contributed by atoms with E-state index in [4.69, 9.17) is 4.74 Å². The van der Waals surface area contributed by atoms with E-state index >= 15 is 0 Å². The van der Waals surface area contributed by atoms with E-state index in [0.29, 0.717) is 12.1 Å². The molecule has 0 spiro atoms. The predicted octanol–water partition coefficient (Wildman–Crippen LogP) is 2.53. The summed E-state index contributed by atoms with van der Waals surface area (Å²) in [6.45, 7) is 7.16. The van der Waals surface area contributed by atoms with Crippen LogP contribution in [0.3, 0.4) is 0 Å². The molecule has 0 bridgehead atoms. The van der Waals surface area contributed by atoms with E-state index in [1.807, 2.05) is 6.92 Å². The lowest BCUT2D eigenvalue weighted by atomic mass is 10.2. The number of aromatic nitrogens is 1. The lowest BCUT2D eigenvalue weighted by Crippen LogP contribution is -2.29. The standard InChI is InChI=1S/C11H20N2OS/c1-8(5-6-14-4)12-10(3)11-13-9(2)7-15-11/h7-8,10,12H,5-6H2,1-4H3. The lowest BCUT2D eigenvalue weighted by molar-refractivity contribution is 0.183. The fourth-order valence-electron chi connectivity index (χ4n) is 1.45. The van der Waals surface area contributed by atoms with Crippen LogP contribution in [0.15, 0.2) is 5.38 Å². The van der Waals surface area contributed by atoms with Crippen LogP contribution in [-0.4, -0.2) is 24.7 Å². The topological polar surface area (TPSA) is 34.1 Å². The summed E-state index contributed by atoms with van der Waals surface area (Å²) in [5, 5.41) is 6.77. The number of methoxy groups -OCH3 is 1. The summed E-state index contributed by atoms with van der Waals surface area (Å²) in [4.78, 5) is 4.47. The third-order valence-corrected chi connectivity index (χ3v) is 3.44. The summed E-state index contributed by atoms with van der Waals surface area (Å²) in [5.41, 5.74) is 1.10. The van der Waals surface area contributed by atoms with Crippen molar-refractivity contribution in [3.8, 4) is 0 Å². The van der Waals surface area contributed by atoms with Crippen LogP contribution in [0.4, 0.5) is 0 Å². The molecule has 1 aromatic rings. The number of nitrogens with one attached hydrogen (secondary N) is 1. The number of nitrogens with zero attached hydrogens (tertiary/aromatic N) is 1. The fraction of sp³-hybridized carbons (Fsp3) is 0.727. The zero-order chi connectivity index (χ0) is 11.3. The van der Waals surface area contributed by atoms with E-state index in [9.17, 15) is 0 Å². The Labute approximate surface area is 95.9 Å². The SMILES string of the molecule is COCCC(C)NC(C)c1nc(C)cs1. The van der Waals surface area contributed by atoms with Gasteiger partial charge in [0.1, 0.15) is 5.01 Å². The van der Waals surface area contributed by atoms with Crippen LogP contribution < -0.4 is 5.32 Å². The van der Waals surface area contributed by atoms with Crippen molar-refractivity contribution in [1.29, 1.82) is 0 Å². The van der Waals surface area contributed by atoms with Gasteiger partial charge in [-0.2, -0.15) is 0 Å². The van der Waals surface area contributed by atoms with Crippen LogP contribution in [0.2, 0.25) is 0 Å². The normalized spacial score (nSPS) is 15.2. The monoisotopic (exact) mass is 228 g/mol. The highest BCUT2D eigenvalue weighted by Gasteiger charge is 2.11. The molecule has 0 aliphatic carbocycles. The second kappa shape index (κ2) is 6.20. The van der Waals surface area contributed by atoms with Gasteiger partial charge in [0.15, 0.2) is 0 Å². The maximum Gasteiger partial charge on any atom is 0.110 e. The average Bonchev–Trinajstić information content (AvgIpc) is 2.61. The zero-order valence-corrected chi connectivity index (χ0v) is 10.7. The third-order valence-electron chi connectivity index (χ3n) is 2.30. The van der Waals surface area contributed by atoms with Gasteiger partial charge in [-0.25, -0.2) is 4.98 Å². The third kappa shape index (κ3) is 4.28. The van der Waals surface area contributed by atoms with Crippen LogP contribution in [0.25, 0.3) is 0 Å². The first kappa shape index (κ1) is 12.6. The molecule has 0 amide bonds. The van der Waals surface area contributed by atoms with Crippen molar-refractivity contribution in [3.63, 3.8) is 0 Å². The summed E-state index contributed by atoms with van der Waals surface area (Å²) in [5.74, 6) is 0. The molecule has 1 heterocycles. The minimum absolute atomic E-state index is 0.329. The molecule has 1 aromatic heterocycles. The van der Waals surface area contributed by atoms with Gasteiger partial charge in [-0.15, -0.1) is 11.3 Å². The Kier molecular flexibility index (Phi) is 5.22. The summed E-state index contributed by atoms with van der Waals surface area (Å²) in [6.07, 6.45) is 1.03. The van der Waals surface area contributed by atoms with E-state index in [1.165, 1.54) is 0 Å². The minimum Gasteiger partial charge on any atom is -0.385 e. The molecule has 0 aromatic carbocycles. The summed E-state index contributed by atoms with van der Waals surface area (Å²) in [7, 11) is 1.74. The quantitative estimate of drug-likeness (QED) is 0.812. The van der Waals surface area contributed by atoms with Crippen molar-refractivity contribution in [2.75, 3.05) is 13.7 Å². The number of thiazole rings is 1. The van der Waals surface area contributed by atoms with Crippen LogP contribution in [-0.2, 0) is 4.74 Å². The van der Waals surface area contributed by atoms with Crippen LogP contribution in [0.5, 0.6) is 0 Å². The molecule has 0 radical (unpaired) electrons. The van der Waals surface area contributed by atoms with E-state index in [1.54, 1.807) is 18.4 Å². The van der Waals surface area contributed by atoms with Gasteiger partial charge >= 0.3 is 0 Å². The van der Waals surface area contributed by atoms with Crippen molar-refractivity contribution < 1.29 is 4.74 Å². The highest BCUT2D eigenvalue weighted by molar-refractivity contribution is 7.09. The first-order valence-electron chi connectivity index (χ1n) is 5.30. The maximum absolute atomic E-state index is 5.05. The first-order chi connectivity index (χ1) is 7.13. The molecule has 15 heavy (non-hydrogen) atoms. The van der Waals surface area contributed by atoms with Crippen molar-refractivity contribution in [1.82, 2.24) is 10.3 Å². The Morgan fingerprint density at radius 3 is 2.80 bits per heavy atom. The number of hydrogen-bond acceptors (Lipinski definition) is 4. The lowest BCUT2D eigenvalue weighted by Gasteiger charge is -2.17. The second-order valence-electron chi connectivity index (χ2n) is 3.90. The van der Waals surface area contributed by atoms with Gasteiger partial charge in [0.05, 0.1) is 6.04 Å². The summed E-state index contributed by atoms with van der Waals surface area (Å²) < 4.78 is 5.05. The van der Waals surface area contributed by atoms with Gasteiger partial charge in [-0.1, -0.05) is 0 Å². The number of rotatable bonds is 6. The molecular formula is C11H20N2OS. The van der Waals surface area contributed by atoms with Gasteiger partial charge in [0.25, 0.3) is 0 Å². The van der Waals surface area contributed by atoms with Crippen molar-refractivity contribution in [2.45, 2.75) is 39.3 Å². The Morgan fingerprint density at radius 1 is 1.53 bits per heavy atom. The van der Waals surface area contributed by atoms with Gasteiger partial charge in [0.2, 0.25) is 0 Å². The molecule has 86 valence electrons. The molecule has 2 unspecified atom stereocenters. The average molecular weight is 228 g/mol. The fourth-order valence-corrected chi connectivity index (χ4v) is 2.26. The molecule has 0 aliphatic rings. The van der Waals surface area contributed by atoms with Gasteiger partial charge in [-0.3, -0.25) is 0 Å². The predicted molar refractivity (Wildman–Crippen MR) is 64.4 cm³/mol. The van der Waals surface area contributed by atoms with Gasteiger partial charge in [-0.05, 0) is 27.2 Å². The molecule has 4 heteroatoms.